The molecule has 1 saturated heterocycles. The normalized spacial score (nSPS) is 27.0. The van der Waals surface area contributed by atoms with Gasteiger partial charge in [-0.3, -0.25) is 0 Å². The Bertz CT molecular complexity index is 67.3. The largest absolute Gasteiger partial charge is 0.0938 e. The van der Waals surface area contributed by atoms with E-state index in [-0.39, 0.29) is 0 Å². The summed E-state index contributed by atoms with van der Waals surface area (Å²) in [5.74, 6) is 1.39. The molecule has 0 radical (unpaired) electrons. The molecule has 1 unspecified atom stereocenters. The Morgan fingerprint density at radius 3 is 3.00 bits per heavy atom. The molecule has 54 valence electrons. The molecule has 0 saturated carbocycles. The Morgan fingerprint density at radius 2 is 2.44 bits per heavy atom. The third-order valence-corrected chi connectivity index (χ3v) is 4.61. The minimum Gasteiger partial charge on any atom is -0.0938 e. The fraction of sp³-hybridized carbons (Fsp3) is 1.00. The molecule has 0 N–H and O–H groups in total. The molecule has 0 aromatic carbocycles. The van der Waals surface area contributed by atoms with Gasteiger partial charge in [-0.15, -0.1) is 0 Å². The Labute approximate surface area is 65.6 Å². The third-order valence-electron chi connectivity index (χ3n) is 1.61. The van der Waals surface area contributed by atoms with E-state index in [1.807, 2.05) is 10.8 Å². The lowest BCUT2D eigenvalue weighted by Gasteiger charge is -2.03. The molecule has 1 aliphatic rings. The summed E-state index contributed by atoms with van der Waals surface area (Å²) in [6.07, 6.45) is 5.70. The van der Waals surface area contributed by atoms with E-state index >= 15 is 0 Å². The molecule has 0 amide bonds. The highest BCUT2D eigenvalue weighted by molar-refractivity contribution is 8.77. The molecular formula is C7H14S2. The summed E-state index contributed by atoms with van der Waals surface area (Å²) in [4.78, 5) is 0. The molecule has 1 rings (SSSR count). The topological polar surface area (TPSA) is 0 Å². The van der Waals surface area contributed by atoms with Crippen LogP contribution >= 0.6 is 21.6 Å². The van der Waals surface area contributed by atoms with Gasteiger partial charge in [0.25, 0.3) is 0 Å². The standard InChI is InChI=1S/C7H14S2/c1-2-3-4-7-5-6-8-9-7/h7H,2-6H2,1H3. The van der Waals surface area contributed by atoms with Crippen molar-refractivity contribution in [1.29, 1.82) is 0 Å². The van der Waals surface area contributed by atoms with Crippen molar-refractivity contribution in [2.75, 3.05) is 5.75 Å². The maximum Gasteiger partial charge on any atom is 0.0159 e. The van der Waals surface area contributed by atoms with Crippen molar-refractivity contribution in [1.82, 2.24) is 0 Å². The van der Waals surface area contributed by atoms with Crippen LogP contribution < -0.4 is 0 Å². The molecule has 1 atom stereocenters. The fourth-order valence-electron chi connectivity index (χ4n) is 0.996. The van der Waals surface area contributed by atoms with Crippen LogP contribution in [0.15, 0.2) is 0 Å². The fourth-order valence-corrected chi connectivity index (χ4v) is 4.02. The average Bonchev–Trinajstić information content (AvgIpc) is 2.34. The molecular weight excluding hydrogens is 148 g/mol. The van der Waals surface area contributed by atoms with Gasteiger partial charge < -0.3 is 0 Å². The summed E-state index contributed by atoms with van der Waals surface area (Å²) in [6, 6.07) is 0. The summed E-state index contributed by atoms with van der Waals surface area (Å²) in [6.45, 7) is 2.27. The van der Waals surface area contributed by atoms with E-state index < -0.39 is 0 Å². The summed E-state index contributed by atoms with van der Waals surface area (Å²) in [5.41, 5.74) is 0. The van der Waals surface area contributed by atoms with E-state index in [9.17, 15) is 0 Å². The predicted octanol–water partition coefficient (Wildman–Crippen LogP) is 3.33. The Kier molecular flexibility index (Phi) is 3.91. The monoisotopic (exact) mass is 162 g/mol. The molecule has 0 spiro atoms. The molecule has 1 heterocycles. The molecule has 0 aromatic rings. The zero-order chi connectivity index (χ0) is 6.53. The van der Waals surface area contributed by atoms with E-state index in [2.05, 4.69) is 17.7 Å². The summed E-state index contributed by atoms with van der Waals surface area (Å²) in [7, 11) is 4.15. The minimum atomic E-state index is 0.995. The Morgan fingerprint density at radius 1 is 1.56 bits per heavy atom. The van der Waals surface area contributed by atoms with Crippen LogP contribution in [-0.4, -0.2) is 11.0 Å². The highest BCUT2D eigenvalue weighted by Crippen LogP contribution is 2.39. The maximum atomic E-state index is 2.27. The van der Waals surface area contributed by atoms with Gasteiger partial charge in [0.05, 0.1) is 0 Å². The molecule has 0 nitrogen and oxygen atoms in total. The minimum absolute atomic E-state index is 0.995. The Hall–Kier alpha value is 0.700. The average molecular weight is 162 g/mol. The first-order valence-corrected chi connectivity index (χ1v) is 6.10. The van der Waals surface area contributed by atoms with Crippen molar-refractivity contribution < 1.29 is 0 Å². The first-order valence-electron chi connectivity index (χ1n) is 3.71. The van der Waals surface area contributed by atoms with Gasteiger partial charge in [0.15, 0.2) is 0 Å². The van der Waals surface area contributed by atoms with Gasteiger partial charge in [-0.25, -0.2) is 0 Å². The van der Waals surface area contributed by atoms with Crippen molar-refractivity contribution in [3.05, 3.63) is 0 Å². The first kappa shape index (κ1) is 7.80. The molecule has 1 aliphatic heterocycles. The van der Waals surface area contributed by atoms with Gasteiger partial charge in [-0.2, -0.15) is 0 Å². The lowest BCUT2D eigenvalue weighted by atomic mass is 10.2. The molecule has 9 heavy (non-hydrogen) atoms. The molecule has 2 heteroatoms. The van der Waals surface area contributed by atoms with E-state index in [1.165, 1.54) is 31.4 Å². The lowest BCUT2D eigenvalue weighted by molar-refractivity contribution is 0.679. The lowest BCUT2D eigenvalue weighted by Crippen LogP contribution is -1.95. The van der Waals surface area contributed by atoms with Crippen LogP contribution in [0.5, 0.6) is 0 Å². The third kappa shape index (κ3) is 2.85. The first-order chi connectivity index (χ1) is 4.43. The van der Waals surface area contributed by atoms with Crippen LogP contribution in [0.4, 0.5) is 0 Å². The van der Waals surface area contributed by atoms with Crippen LogP contribution in [0.25, 0.3) is 0 Å². The number of hydrogen-bond acceptors (Lipinski definition) is 2. The quantitative estimate of drug-likeness (QED) is 0.584. The smallest absolute Gasteiger partial charge is 0.0159 e. The zero-order valence-corrected chi connectivity index (χ0v) is 7.56. The van der Waals surface area contributed by atoms with Crippen molar-refractivity contribution in [3.63, 3.8) is 0 Å². The second-order valence-electron chi connectivity index (χ2n) is 2.47. The highest BCUT2D eigenvalue weighted by atomic mass is 33.1. The van der Waals surface area contributed by atoms with Crippen LogP contribution in [-0.2, 0) is 0 Å². The van der Waals surface area contributed by atoms with Gasteiger partial charge in [0.1, 0.15) is 0 Å². The van der Waals surface area contributed by atoms with Gasteiger partial charge >= 0.3 is 0 Å². The SMILES string of the molecule is CCCCC1CCSS1. The predicted molar refractivity (Wildman–Crippen MR) is 48.0 cm³/mol. The number of hydrogen-bond donors (Lipinski definition) is 0. The van der Waals surface area contributed by atoms with E-state index in [0.717, 1.165) is 5.25 Å². The second kappa shape index (κ2) is 4.51. The van der Waals surface area contributed by atoms with Crippen molar-refractivity contribution in [3.8, 4) is 0 Å². The van der Waals surface area contributed by atoms with Crippen molar-refractivity contribution in [2.24, 2.45) is 0 Å². The van der Waals surface area contributed by atoms with Crippen molar-refractivity contribution in [2.45, 2.75) is 37.9 Å². The zero-order valence-electron chi connectivity index (χ0n) is 5.93. The molecule has 1 fully saturated rings. The van der Waals surface area contributed by atoms with E-state index in [1.54, 1.807) is 0 Å². The van der Waals surface area contributed by atoms with Gasteiger partial charge in [0.2, 0.25) is 0 Å². The van der Waals surface area contributed by atoms with Crippen LogP contribution in [0.3, 0.4) is 0 Å². The highest BCUT2D eigenvalue weighted by Gasteiger charge is 2.14. The van der Waals surface area contributed by atoms with Crippen LogP contribution in [0, 0.1) is 0 Å². The molecule has 0 aliphatic carbocycles. The summed E-state index contributed by atoms with van der Waals surface area (Å²) in [5, 5.41) is 0.995. The number of unbranched alkanes of at least 4 members (excludes halogenated alkanes) is 1. The molecule has 0 bridgehead atoms. The number of rotatable bonds is 3. The Balaban J connectivity index is 1.98. The maximum absolute atomic E-state index is 2.27. The van der Waals surface area contributed by atoms with E-state index in [4.69, 9.17) is 0 Å². The van der Waals surface area contributed by atoms with E-state index in [0.29, 0.717) is 0 Å². The van der Waals surface area contributed by atoms with Gasteiger partial charge in [0, 0.05) is 11.0 Å². The summed E-state index contributed by atoms with van der Waals surface area (Å²) < 4.78 is 0. The van der Waals surface area contributed by atoms with Gasteiger partial charge in [-0.1, -0.05) is 41.4 Å². The van der Waals surface area contributed by atoms with Crippen LogP contribution in [0.2, 0.25) is 0 Å². The van der Waals surface area contributed by atoms with Crippen LogP contribution in [0.1, 0.15) is 32.6 Å². The van der Waals surface area contributed by atoms with Crippen molar-refractivity contribution >= 4 is 21.6 Å². The summed E-state index contributed by atoms with van der Waals surface area (Å²) >= 11 is 0. The van der Waals surface area contributed by atoms with Gasteiger partial charge in [-0.05, 0) is 12.8 Å². The molecule has 0 aromatic heterocycles. The second-order valence-corrected chi connectivity index (χ2v) is 5.26.